The van der Waals surface area contributed by atoms with Crippen molar-refractivity contribution in [1.29, 1.82) is 0 Å². The molecule has 0 radical (unpaired) electrons. The molecular formula is C31H37N3O. The number of carbonyl (C=O) groups excluding carboxylic acids is 1. The quantitative estimate of drug-likeness (QED) is 0.476. The third kappa shape index (κ3) is 4.33. The minimum atomic E-state index is 0.0429. The summed E-state index contributed by atoms with van der Waals surface area (Å²) in [5, 5.41) is 3.16. The molecule has 3 aliphatic rings. The number of aromatic amines is 1. The van der Waals surface area contributed by atoms with E-state index >= 15 is 0 Å². The van der Waals surface area contributed by atoms with E-state index in [2.05, 4.69) is 71.5 Å². The number of hydrogen-bond acceptors (Lipinski definition) is 2. The van der Waals surface area contributed by atoms with Gasteiger partial charge in [0, 0.05) is 37.1 Å². The van der Waals surface area contributed by atoms with Gasteiger partial charge in [0.1, 0.15) is 0 Å². The van der Waals surface area contributed by atoms with Gasteiger partial charge in [0.2, 0.25) is 0 Å². The van der Waals surface area contributed by atoms with Gasteiger partial charge in [-0.3, -0.25) is 9.69 Å². The lowest BCUT2D eigenvalue weighted by Gasteiger charge is -2.55. The Bertz CT molecular complexity index is 1190. The fourth-order valence-corrected chi connectivity index (χ4v) is 6.50. The van der Waals surface area contributed by atoms with Crippen molar-refractivity contribution in [1.82, 2.24) is 15.2 Å². The lowest BCUT2D eigenvalue weighted by atomic mass is 9.59. The molecule has 3 atom stereocenters. The number of nitrogens with one attached hydrogen (secondary N) is 2. The third-order valence-corrected chi connectivity index (χ3v) is 9.16. The molecule has 2 aromatic carbocycles. The van der Waals surface area contributed by atoms with Crippen molar-refractivity contribution >= 4 is 5.91 Å². The smallest absolute Gasteiger partial charge is 0.251 e. The molecule has 2 aliphatic carbocycles. The summed E-state index contributed by atoms with van der Waals surface area (Å²) in [6.45, 7) is 8.01. The van der Waals surface area contributed by atoms with Crippen LogP contribution in [0.3, 0.4) is 0 Å². The number of amides is 1. The Hall–Kier alpha value is -2.85. The van der Waals surface area contributed by atoms with Crippen LogP contribution in [0, 0.1) is 11.8 Å². The number of carbonyl (C=O) groups is 1. The van der Waals surface area contributed by atoms with Crippen LogP contribution in [0.4, 0.5) is 0 Å². The van der Waals surface area contributed by atoms with E-state index < -0.39 is 0 Å². The second-order valence-electron chi connectivity index (χ2n) is 11.3. The Morgan fingerprint density at radius 3 is 2.69 bits per heavy atom. The molecule has 0 spiro atoms. The molecule has 2 heterocycles. The van der Waals surface area contributed by atoms with Crippen molar-refractivity contribution in [2.24, 2.45) is 11.8 Å². The van der Waals surface area contributed by atoms with Crippen LogP contribution in [-0.4, -0.2) is 41.5 Å². The zero-order valence-electron chi connectivity index (χ0n) is 21.0. The van der Waals surface area contributed by atoms with E-state index in [0.29, 0.717) is 18.5 Å². The van der Waals surface area contributed by atoms with Gasteiger partial charge in [0.15, 0.2) is 0 Å². The molecule has 1 unspecified atom stereocenters. The first-order valence-corrected chi connectivity index (χ1v) is 13.4. The summed E-state index contributed by atoms with van der Waals surface area (Å²) in [4.78, 5) is 18.9. The summed E-state index contributed by atoms with van der Waals surface area (Å²) in [6, 6.07) is 17.8. The van der Waals surface area contributed by atoms with Crippen LogP contribution >= 0.6 is 0 Å². The number of nitrogens with zero attached hydrogens (tertiary/aromatic N) is 1. The monoisotopic (exact) mass is 467 g/mol. The molecular weight excluding hydrogens is 430 g/mol. The lowest BCUT2D eigenvalue weighted by Crippen LogP contribution is -2.58. The average molecular weight is 468 g/mol. The number of hydrogen-bond donors (Lipinski definition) is 2. The summed E-state index contributed by atoms with van der Waals surface area (Å²) in [5.41, 5.74) is 7.47. The van der Waals surface area contributed by atoms with E-state index in [1.165, 1.54) is 60.2 Å². The number of likely N-dealkylation sites (tertiary alicyclic amines) is 1. The topological polar surface area (TPSA) is 48.1 Å². The maximum absolute atomic E-state index is 13.0. The number of benzene rings is 2. The highest BCUT2D eigenvalue weighted by molar-refractivity contribution is 5.94. The Morgan fingerprint density at radius 1 is 1.11 bits per heavy atom. The highest BCUT2D eigenvalue weighted by Crippen LogP contribution is 2.49. The molecule has 1 aromatic heterocycles. The number of aromatic nitrogens is 1. The van der Waals surface area contributed by atoms with Gasteiger partial charge in [0.25, 0.3) is 5.91 Å². The van der Waals surface area contributed by atoms with Gasteiger partial charge < -0.3 is 10.3 Å². The van der Waals surface area contributed by atoms with Crippen molar-refractivity contribution < 1.29 is 4.79 Å². The number of fused-ring (bicyclic) bond motifs is 4. The summed E-state index contributed by atoms with van der Waals surface area (Å²) in [6.07, 6.45) is 9.93. The Morgan fingerprint density at radius 2 is 1.94 bits per heavy atom. The van der Waals surface area contributed by atoms with E-state index in [-0.39, 0.29) is 11.3 Å². The van der Waals surface area contributed by atoms with E-state index in [0.717, 1.165) is 24.3 Å². The summed E-state index contributed by atoms with van der Waals surface area (Å²) < 4.78 is 0. The highest BCUT2D eigenvalue weighted by Gasteiger charge is 2.49. The Labute approximate surface area is 209 Å². The first-order chi connectivity index (χ1) is 17.0. The zero-order valence-corrected chi connectivity index (χ0v) is 21.0. The number of rotatable bonds is 7. The van der Waals surface area contributed by atoms with Crippen molar-refractivity contribution in [3.05, 3.63) is 83.2 Å². The van der Waals surface area contributed by atoms with Crippen LogP contribution in [0.25, 0.3) is 11.1 Å². The van der Waals surface area contributed by atoms with Gasteiger partial charge in [-0.1, -0.05) is 44.2 Å². The molecule has 3 aromatic rings. The van der Waals surface area contributed by atoms with Crippen molar-refractivity contribution in [2.45, 2.75) is 57.4 Å². The van der Waals surface area contributed by atoms with Crippen LogP contribution in [0.1, 0.15) is 60.2 Å². The van der Waals surface area contributed by atoms with Crippen LogP contribution in [0.5, 0.6) is 0 Å². The van der Waals surface area contributed by atoms with Gasteiger partial charge in [-0.15, -0.1) is 0 Å². The second-order valence-corrected chi connectivity index (χ2v) is 11.3. The summed E-state index contributed by atoms with van der Waals surface area (Å²) >= 11 is 0. The fraction of sp³-hybridized carbons (Fsp3) is 0.452. The maximum Gasteiger partial charge on any atom is 0.251 e. The van der Waals surface area contributed by atoms with E-state index in [9.17, 15) is 4.79 Å². The third-order valence-electron chi connectivity index (χ3n) is 9.16. The van der Waals surface area contributed by atoms with Gasteiger partial charge in [-0.25, -0.2) is 0 Å². The molecule has 1 saturated heterocycles. The number of piperidine rings is 1. The molecule has 4 nitrogen and oxygen atoms in total. The van der Waals surface area contributed by atoms with Gasteiger partial charge in [-0.2, -0.15) is 0 Å². The van der Waals surface area contributed by atoms with E-state index in [1.807, 2.05) is 18.5 Å². The molecule has 182 valence electrons. The van der Waals surface area contributed by atoms with Crippen LogP contribution in [-0.2, 0) is 18.3 Å². The maximum atomic E-state index is 13.0. The second kappa shape index (κ2) is 8.98. The van der Waals surface area contributed by atoms with Crippen molar-refractivity contribution in [3.8, 4) is 11.1 Å². The molecule has 1 saturated carbocycles. The Kier molecular flexibility index (Phi) is 5.80. The van der Waals surface area contributed by atoms with Crippen molar-refractivity contribution in [2.75, 3.05) is 19.6 Å². The van der Waals surface area contributed by atoms with Gasteiger partial charge in [0.05, 0.1) is 0 Å². The Balaban J connectivity index is 1.10. The van der Waals surface area contributed by atoms with Crippen LogP contribution in [0.2, 0.25) is 0 Å². The first-order valence-electron chi connectivity index (χ1n) is 13.4. The zero-order chi connectivity index (χ0) is 24.0. The molecule has 2 fully saturated rings. The van der Waals surface area contributed by atoms with Crippen LogP contribution in [0.15, 0.2) is 60.9 Å². The predicted molar refractivity (Wildman–Crippen MR) is 142 cm³/mol. The normalized spacial score (nSPS) is 25.8. The highest BCUT2D eigenvalue weighted by atomic mass is 16.1. The largest absolute Gasteiger partial charge is 0.367 e. The van der Waals surface area contributed by atoms with Gasteiger partial charge >= 0.3 is 0 Å². The van der Waals surface area contributed by atoms with E-state index in [4.69, 9.17) is 0 Å². The minimum Gasteiger partial charge on any atom is -0.367 e. The van der Waals surface area contributed by atoms with Gasteiger partial charge in [-0.05, 0) is 102 Å². The molecule has 1 amide bonds. The molecule has 2 bridgehead atoms. The fourth-order valence-electron chi connectivity index (χ4n) is 6.50. The first kappa shape index (κ1) is 22.6. The number of H-pyrrole nitrogens is 1. The molecule has 35 heavy (non-hydrogen) atoms. The predicted octanol–water partition coefficient (Wildman–Crippen LogP) is 5.59. The molecule has 6 rings (SSSR count). The van der Waals surface area contributed by atoms with Crippen molar-refractivity contribution in [3.63, 3.8) is 0 Å². The van der Waals surface area contributed by atoms with Crippen LogP contribution < -0.4 is 5.32 Å². The standard InChI is InChI=1S/C31H37N3O/c1-21-29-18-25-9-10-26(17-28(25)31(21,2)13-16-34(29)20-23-3-4-23)30(35)33-15-11-22-5-7-24(8-6-22)27-12-14-32-19-27/h5-10,12,14,17,19,21,23,29,32H,3-4,11,13,15-16,18,20H2,1-2H3,(H,33,35)/t21-,29?,31-/m0/s1. The lowest BCUT2D eigenvalue weighted by molar-refractivity contribution is 0.0284. The molecule has 2 N–H and O–H groups in total. The van der Waals surface area contributed by atoms with E-state index in [1.54, 1.807) is 0 Å². The average Bonchev–Trinajstić information content (AvgIpc) is 3.52. The summed E-state index contributed by atoms with van der Waals surface area (Å²) in [5.74, 6) is 1.60. The minimum absolute atomic E-state index is 0.0429. The molecule has 1 aliphatic heterocycles. The SMILES string of the molecule is C[C@H]1C2Cc3ccc(C(=O)NCCc4ccc(-c5cc[nH]c5)cc4)cc3[C@@]1(C)CCN2CC1CC1. The summed E-state index contributed by atoms with van der Waals surface area (Å²) in [7, 11) is 0. The molecule has 4 heteroatoms.